The summed E-state index contributed by atoms with van der Waals surface area (Å²) in [6.45, 7) is 0.00824. The Kier molecular flexibility index (Phi) is 2.75. The second kappa shape index (κ2) is 4.45. The summed E-state index contributed by atoms with van der Waals surface area (Å²) in [5, 5.41) is 0. The van der Waals surface area contributed by atoms with Crippen LogP contribution in [0.4, 0.5) is 10.1 Å². The van der Waals surface area contributed by atoms with Crippen molar-refractivity contribution in [2.75, 3.05) is 5.73 Å². The van der Waals surface area contributed by atoms with Crippen LogP contribution in [0.15, 0.2) is 42.5 Å². The van der Waals surface area contributed by atoms with Gasteiger partial charge < -0.3 is 5.73 Å². The number of carbonyl (C=O) groups is 2. The number of fused-ring (bicyclic) bond motifs is 1. The number of hydrogen-bond donors (Lipinski definition) is 1. The molecule has 2 amide bonds. The zero-order valence-corrected chi connectivity index (χ0v) is 10.5. The highest BCUT2D eigenvalue weighted by Crippen LogP contribution is 2.24. The molecule has 0 aliphatic carbocycles. The maximum atomic E-state index is 13.3. The highest BCUT2D eigenvalue weighted by Gasteiger charge is 2.34. The van der Waals surface area contributed by atoms with Crippen LogP contribution < -0.4 is 5.73 Å². The van der Waals surface area contributed by atoms with E-state index in [2.05, 4.69) is 0 Å². The summed E-state index contributed by atoms with van der Waals surface area (Å²) in [5.74, 6) is -1.22. The van der Waals surface area contributed by atoms with Crippen molar-refractivity contribution in [1.29, 1.82) is 0 Å². The van der Waals surface area contributed by atoms with Crippen LogP contribution in [0.5, 0.6) is 0 Å². The largest absolute Gasteiger partial charge is 0.399 e. The molecule has 2 N–H and O–H groups in total. The zero-order chi connectivity index (χ0) is 14.3. The minimum atomic E-state index is -0.489. The highest BCUT2D eigenvalue weighted by molar-refractivity contribution is 6.21. The minimum Gasteiger partial charge on any atom is -0.399 e. The van der Waals surface area contributed by atoms with Gasteiger partial charge in [0.25, 0.3) is 11.8 Å². The van der Waals surface area contributed by atoms with E-state index in [1.54, 1.807) is 30.3 Å². The van der Waals surface area contributed by atoms with Gasteiger partial charge in [-0.3, -0.25) is 14.5 Å². The van der Waals surface area contributed by atoms with Gasteiger partial charge in [-0.15, -0.1) is 0 Å². The first-order valence-corrected chi connectivity index (χ1v) is 6.06. The molecule has 1 heterocycles. The van der Waals surface area contributed by atoms with Crippen LogP contribution in [-0.4, -0.2) is 16.7 Å². The molecule has 0 unspecified atom stereocenters. The normalized spacial score (nSPS) is 13.8. The van der Waals surface area contributed by atoms with Crippen molar-refractivity contribution in [3.63, 3.8) is 0 Å². The van der Waals surface area contributed by atoms with E-state index in [-0.39, 0.29) is 24.0 Å². The van der Waals surface area contributed by atoms with Crippen LogP contribution in [0, 0.1) is 5.82 Å². The molecular weight excluding hydrogens is 259 g/mol. The van der Waals surface area contributed by atoms with Crippen molar-refractivity contribution >= 4 is 17.5 Å². The van der Waals surface area contributed by atoms with Crippen LogP contribution in [-0.2, 0) is 6.54 Å². The molecule has 2 aromatic carbocycles. The lowest BCUT2D eigenvalue weighted by Gasteiger charge is -2.14. The topological polar surface area (TPSA) is 63.4 Å². The lowest BCUT2D eigenvalue weighted by molar-refractivity contribution is 0.0642. The van der Waals surface area contributed by atoms with E-state index in [1.165, 1.54) is 12.1 Å². The van der Waals surface area contributed by atoms with Crippen LogP contribution in [0.3, 0.4) is 0 Å². The standard InChI is InChI=1S/C15H11FN2O2/c16-10-5-9(6-11(17)7-10)8-18-14(19)12-3-1-2-4-13(12)15(18)20/h1-7H,8,17H2. The number of benzene rings is 2. The average molecular weight is 270 g/mol. The van der Waals surface area contributed by atoms with Gasteiger partial charge in [-0.05, 0) is 35.9 Å². The monoisotopic (exact) mass is 270 g/mol. The Morgan fingerprint density at radius 3 is 2.15 bits per heavy atom. The Morgan fingerprint density at radius 2 is 1.60 bits per heavy atom. The van der Waals surface area contributed by atoms with Gasteiger partial charge >= 0.3 is 0 Å². The van der Waals surface area contributed by atoms with E-state index in [9.17, 15) is 14.0 Å². The Hall–Kier alpha value is -2.69. The van der Waals surface area contributed by atoms with Gasteiger partial charge in [0.1, 0.15) is 5.82 Å². The van der Waals surface area contributed by atoms with Crippen molar-refractivity contribution in [2.45, 2.75) is 6.54 Å². The number of hydrogen-bond acceptors (Lipinski definition) is 3. The smallest absolute Gasteiger partial charge is 0.261 e. The van der Waals surface area contributed by atoms with E-state index >= 15 is 0 Å². The summed E-state index contributed by atoms with van der Waals surface area (Å²) in [7, 11) is 0. The molecule has 1 aliphatic rings. The third-order valence-electron chi connectivity index (χ3n) is 3.20. The summed E-state index contributed by atoms with van der Waals surface area (Å²) in [5.41, 5.74) is 7.06. The van der Waals surface area contributed by atoms with Gasteiger partial charge in [0, 0.05) is 5.69 Å². The van der Waals surface area contributed by atoms with E-state index in [0.29, 0.717) is 16.7 Å². The molecule has 3 rings (SSSR count). The first-order chi connectivity index (χ1) is 9.56. The van der Waals surface area contributed by atoms with Gasteiger partial charge in [0.2, 0.25) is 0 Å². The molecule has 0 spiro atoms. The van der Waals surface area contributed by atoms with Crippen LogP contribution in [0.25, 0.3) is 0 Å². The summed E-state index contributed by atoms with van der Waals surface area (Å²) < 4.78 is 13.3. The lowest BCUT2D eigenvalue weighted by Crippen LogP contribution is -2.29. The van der Waals surface area contributed by atoms with Crippen LogP contribution >= 0.6 is 0 Å². The number of nitrogen functional groups attached to an aromatic ring is 1. The molecule has 0 saturated heterocycles. The Bertz CT molecular complexity index is 672. The Morgan fingerprint density at radius 1 is 1.00 bits per heavy atom. The number of nitrogens with two attached hydrogens (primary N) is 1. The van der Waals surface area contributed by atoms with Crippen molar-refractivity contribution in [3.8, 4) is 0 Å². The molecule has 2 aromatic rings. The fraction of sp³-hybridized carbons (Fsp3) is 0.0667. The van der Waals surface area contributed by atoms with Crippen molar-refractivity contribution in [3.05, 3.63) is 65.0 Å². The first kappa shape index (κ1) is 12.3. The molecular formula is C15H11FN2O2. The second-order valence-corrected chi connectivity index (χ2v) is 4.63. The lowest BCUT2D eigenvalue weighted by atomic mass is 10.1. The fourth-order valence-electron chi connectivity index (χ4n) is 2.33. The maximum absolute atomic E-state index is 13.3. The SMILES string of the molecule is Nc1cc(F)cc(CN2C(=O)c3ccccc3C2=O)c1. The number of nitrogens with zero attached hydrogens (tertiary/aromatic N) is 1. The van der Waals surface area contributed by atoms with Gasteiger partial charge in [-0.2, -0.15) is 0 Å². The number of carbonyl (C=O) groups excluding carboxylic acids is 2. The third kappa shape index (κ3) is 1.93. The quantitative estimate of drug-likeness (QED) is 0.672. The van der Waals surface area contributed by atoms with Gasteiger partial charge in [-0.25, -0.2) is 4.39 Å². The number of rotatable bonds is 2. The fourth-order valence-corrected chi connectivity index (χ4v) is 2.33. The summed E-state index contributed by atoms with van der Waals surface area (Å²) >= 11 is 0. The zero-order valence-electron chi connectivity index (χ0n) is 10.5. The number of halogens is 1. The van der Waals surface area contributed by atoms with Gasteiger partial charge in [-0.1, -0.05) is 12.1 Å². The molecule has 0 atom stereocenters. The highest BCUT2D eigenvalue weighted by atomic mass is 19.1. The molecule has 0 saturated carbocycles. The summed E-state index contributed by atoms with van der Waals surface area (Å²) in [6.07, 6.45) is 0. The molecule has 0 aromatic heterocycles. The molecule has 0 radical (unpaired) electrons. The predicted molar refractivity (Wildman–Crippen MR) is 71.5 cm³/mol. The van der Waals surface area contributed by atoms with Crippen molar-refractivity contribution in [2.24, 2.45) is 0 Å². The maximum Gasteiger partial charge on any atom is 0.261 e. The third-order valence-corrected chi connectivity index (χ3v) is 3.20. The van der Waals surface area contributed by atoms with Crippen molar-refractivity contribution < 1.29 is 14.0 Å². The Labute approximate surface area is 114 Å². The van der Waals surface area contributed by atoms with E-state index in [0.717, 1.165) is 4.90 Å². The number of imide groups is 1. The van der Waals surface area contributed by atoms with E-state index in [1.807, 2.05) is 0 Å². The van der Waals surface area contributed by atoms with E-state index < -0.39 is 5.82 Å². The number of anilines is 1. The summed E-state index contributed by atoms with van der Waals surface area (Å²) in [6, 6.07) is 10.6. The van der Waals surface area contributed by atoms with Crippen LogP contribution in [0.1, 0.15) is 26.3 Å². The molecule has 20 heavy (non-hydrogen) atoms. The molecule has 0 bridgehead atoms. The van der Waals surface area contributed by atoms with Gasteiger partial charge in [0.05, 0.1) is 17.7 Å². The van der Waals surface area contributed by atoms with E-state index in [4.69, 9.17) is 5.73 Å². The van der Waals surface area contributed by atoms with Crippen LogP contribution in [0.2, 0.25) is 0 Å². The Balaban J connectivity index is 1.93. The second-order valence-electron chi connectivity index (χ2n) is 4.63. The van der Waals surface area contributed by atoms with Crippen molar-refractivity contribution in [1.82, 2.24) is 4.90 Å². The molecule has 1 aliphatic heterocycles. The predicted octanol–water partition coefficient (Wildman–Crippen LogP) is 2.20. The summed E-state index contributed by atoms with van der Waals surface area (Å²) in [4.78, 5) is 25.4. The average Bonchev–Trinajstić information content (AvgIpc) is 2.64. The first-order valence-electron chi connectivity index (χ1n) is 6.06. The minimum absolute atomic E-state index is 0.00824. The molecule has 4 nitrogen and oxygen atoms in total. The molecule has 100 valence electrons. The number of amides is 2. The molecule has 0 fully saturated rings. The van der Waals surface area contributed by atoms with Gasteiger partial charge in [0.15, 0.2) is 0 Å². The molecule has 5 heteroatoms.